The average molecular weight is 225 g/mol. The maximum Gasteiger partial charge on any atom is 0.290 e. The largest absolute Gasteiger partial charge is 0.393 e. The maximum atomic E-state index is 12.0. The fourth-order valence-corrected chi connectivity index (χ4v) is 2.11. The fraction of sp³-hybridized carbons (Fsp3) is 0.750. The van der Waals surface area contributed by atoms with E-state index in [-0.39, 0.29) is 11.5 Å². The molecule has 0 saturated carbocycles. The third-order valence-corrected chi connectivity index (χ3v) is 2.88. The van der Waals surface area contributed by atoms with Crippen LogP contribution in [0.2, 0.25) is 0 Å². The molecule has 0 bridgehead atoms. The summed E-state index contributed by atoms with van der Waals surface area (Å²) in [6.45, 7) is 9.87. The van der Waals surface area contributed by atoms with Crippen LogP contribution in [0, 0.1) is 0 Å². The number of hydrogen-bond donors (Lipinski definition) is 1. The molecule has 1 aromatic rings. The predicted octanol–water partition coefficient (Wildman–Crippen LogP) is 2.18. The van der Waals surface area contributed by atoms with E-state index in [0.29, 0.717) is 5.69 Å². The smallest absolute Gasteiger partial charge is 0.290 e. The van der Waals surface area contributed by atoms with Crippen molar-refractivity contribution in [1.82, 2.24) is 9.36 Å². The van der Waals surface area contributed by atoms with Crippen molar-refractivity contribution in [2.45, 2.75) is 59.5 Å². The van der Waals surface area contributed by atoms with Gasteiger partial charge >= 0.3 is 0 Å². The highest BCUT2D eigenvalue weighted by molar-refractivity contribution is 5.43. The number of anilines is 1. The lowest BCUT2D eigenvalue weighted by molar-refractivity contribution is 0.426. The van der Waals surface area contributed by atoms with E-state index in [2.05, 4.69) is 20.8 Å². The molecule has 0 radical (unpaired) electrons. The van der Waals surface area contributed by atoms with Crippen molar-refractivity contribution in [3.63, 3.8) is 0 Å². The summed E-state index contributed by atoms with van der Waals surface area (Å²) in [7, 11) is 0. The molecular formula is C12H23N3O. The Balaban J connectivity index is 3.26. The van der Waals surface area contributed by atoms with Crippen LogP contribution in [-0.2, 0) is 13.1 Å². The average Bonchev–Trinajstić information content (AvgIpc) is 2.49. The Morgan fingerprint density at radius 2 is 1.88 bits per heavy atom. The molecule has 1 aromatic heterocycles. The van der Waals surface area contributed by atoms with E-state index in [0.717, 1.165) is 31.6 Å². The van der Waals surface area contributed by atoms with Gasteiger partial charge in [-0.1, -0.05) is 27.2 Å². The van der Waals surface area contributed by atoms with Gasteiger partial charge in [-0.15, -0.1) is 0 Å². The molecule has 2 N–H and O–H groups in total. The van der Waals surface area contributed by atoms with Crippen LogP contribution >= 0.6 is 0 Å². The summed E-state index contributed by atoms with van der Waals surface area (Å²) >= 11 is 0. The van der Waals surface area contributed by atoms with E-state index in [1.165, 1.54) is 0 Å². The third-order valence-electron chi connectivity index (χ3n) is 2.88. The second-order valence-corrected chi connectivity index (χ2v) is 4.45. The fourth-order valence-electron chi connectivity index (χ4n) is 2.11. The molecule has 16 heavy (non-hydrogen) atoms. The maximum absolute atomic E-state index is 12.0. The summed E-state index contributed by atoms with van der Waals surface area (Å²) in [4.78, 5) is 12.0. The highest BCUT2D eigenvalue weighted by atomic mass is 16.1. The van der Waals surface area contributed by atoms with Gasteiger partial charge in [-0.25, -0.2) is 4.68 Å². The predicted molar refractivity (Wildman–Crippen MR) is 67.8 cm³/mol. The van der Waals surface area contributed by atoms with Crippen LogP contribution in [0.4, 0.5) is 5.69 Å². The second kappa shape index (κ2) is 5.23. The van der Waals surface area contributed by atoms with Gasteiger partial charge in [-0.2, -0.15) is 0 Å². The van der Waals surface area contributed by atoms with Crippen molar-refractivity contribution in [3.8, 4) is 0 Å². The molecule has 4 heteroatoms. The van der Waals surface area contributed by atoms with Crippen LogP contribution in [0.3, 0.4) is 0 Å². The summed E-state index contributed by atoms with van der Waals surface area (Å²) in [6.07, 6.45) is 2.10. The van der Waals surface area contributed by atoms with Crippen molar-refractivity contribution in [2.24, 2.45) is 0 Å². The van der Waals surface area contributed by atoms with Crippen molar-refractivity contribution >= 4 is 5.69 Å². The minimum absolute atomic E-state index is 0.0287. The number of hydrogen-bond acceptors (Lipinski definition) is 2. The molecule has 1 heterocycles. The third kappa shape index (κ3) is 2.15. The van der Waals surface area contributed by atoms with Gasteiger partial charge in [-0.3, -0.25) is 9.48 Å². The van der Waals surface area contributed by atoms with Crippen molar-refractivity contribution in [2.75, 3.05) is 5.73 Å². The molecule has 0 saturated heterocycles. The summed E-state index contributed by atoms with van der Waals surface area (Å²) in [5, 5.41) is 0. The zero-order valence-corrected chi connectivity index (χ0v) is 10.8. The van der Waals surface area contributed by atoms with Crippen LogP contribution in [0.5, 0.6) is 0 Å². The molecule has 0 unspecified atom stereocenters. The van der Waals surface area contributed by atoms with Crippen molar-refractivity contribution < 1.29 is 0 Å². The number of nitrogen functional groups attached to an aromatic ring is 1. The lowest BCUT2D eigenvalue weighted by Crippen LogP contribution is -2.24. The van der Waals surface area contributed by atoms with Crippen molar-refractivity contribution in [3.05, 3.63) is 16.0 Å². The number of aromatic nitrogens is 2. The Labute approximate surface area is 97.0 Å². The van der Waals surface area contributed by atoms with Gasteiger partial charge < -0.3 is 5.73 Å². The Morgan fingerprint density at radius 1 is 1.25 bits per heavy atom. The van der Waals surface area contributed by atoms with Gasteiger partial charge in [0.1, 0.15) is 5.69 Å². The molecular weight excluding hydrogens is 202 g/mol. The summed E-state index contributed by atoms with van der Waals surface area (Å²) < 4.78 is 3.81. The lowest BCUT2D eigenvalue weighted by Gasteiger charge is -2.14. The van der Waals surface area contributed by atoms with Gasteiger partial charge in [0.2, 0.25) is 0 Å². The number of unbranched alkanes of at least 4 members (excludes halogenated alkanes) is 1. The first-order chi connectivity index (χ1) is 7.54. The topological polar surface area (TPSA) is 52.9 Å². The minimum atomic E-state index is -0.0287. The van der Waals surface area contributed by atoms with Crippen LogP contribution < -0.4 is 11.3 Å². The Kier molecular flexibility index (Phi) is 4.21. The molecule has 0 aliphatic rings. The zero-order chi connectivity index (χ0) is 12.3. The summed E-state index contributed by atoms with van der Waals surface area (Å²) in [6, 6.07) is 0. The normalized spacial score (nSPS) is 11.3. The van der Waals surface area contributed by atoms with E-state index < -0.39 is 0 Å². The summed E-state index contributed by atoms with van der Waals surface area (Å²) in [5.74, 6) is 0.288. The molecule has 92 valence electrons. The second-order valence-electron chi connectivity index (χ2n) is 4.45. The van der Waals surface area contributed by atoms with Crippen LogP contribution in [-0.4, -0.2) is 9.36 Å². The van der Waals surface area contributed by atoms with Crippen LogP contribution in [0.25, 0.3) is 0 Å². The molecule has 0 aliphatic heterocycles. The van der Waals surface area contributed by atoms with Crippen LogP contribution in [0.15, 0.2) is 4.79 Å². The quantitative estimate of drug-likeness (QED) is 0.835. The Morgan fingerprint density at radius 3 is 2.31 bits per heavy atom. The van der Waals surface area contributed by atoms with E-state index in [1.54, 1.807) is 4.68 Å². The molecule has 0 spiro atoms. The van der Waals surface area contributed by atoms with Crippen LogP contribution in [0.1, 0.15) is 52.1 Å². The number of nitrogens with zero attached hydrogens (tertiary/aromatic N) is 2. The monoisotopic (exact) mass is 225 g/mol. The molecule has 0 aliphatic carbocycles. The van der Waals surface area contributed by atoms with Gasteiger partial charge in [0.05, 0.1) is 5.69 Å². The molecule has 0 fully saturated rings. The van der Waals surface area contributed by atoms with E-state index in [4.69, 9.17) is 5.73 Å². The molecule has 0 aromatic carbocycles. The lowest BCUT2D eigenvalue weighted by atomic mass is 10.1. The van der Waals surface area contributed by atoms with Gasteiger partial charge in [0.15, 0.2) is 0 Å². The SMILES string of the molecule is CCCCn1c(=O)c(N)c(C(C)C)n1CC. The highest BCUT2D eigenvalue weighted by Crippen LogP contribution is 2.19. The van der Waals surface area contributed by atoms with Gasteiger partial charge in [0, 0.05) is 13.1 Å². The zero-order valence-electron chi connectivity index (χ0n) is 10.8. The van der Waals surface area contributed by atoms with Crippen molar-refractivity contribution in [1.29, 1.82) is 0 Å². The molecule has 1 rings (SSSR count). The number of nitrogens with two attached hydrogens (primary N) is 1. The first kappa shape index (κ1) is 12.9. The van der Waals surface area contributed by atoms with E-state index in [9.17, 15) is 4.79 Å². The first-order valence-corrected chi connectivity index (χ1v) is 6.13. The van der Waals surface area contributed by atoms with Gasteiger partial charge in [0.25, 0.3) is 5.56 Å². The number of rotatable bonds is 5. The Bertz CT molecular complexity index is 401. The molecule has 4 nitrogen and oxygen atoms in total. The summed E-state index contributed by atoms with van der Waals surface area (Å²) in [5.41, 5.74) is 7.27. The Hall–Kier alpha value is -1.19. The standard InChI is InChI=1S/C12H23N3O/c1-5-7-8-15-12(16)10(13)11(9(3)4)14(15)6-2/h9H,5-8,13H2,1-4H3. The van der Waals surface area contributed by atoms with E-state index in [1.807, 2.05) is 11.6 Å². The minimum Gasteiger partial charge on any atom is -0.393 e. The molecule has 0 atom stereocenters. The molecule has 0 amide bonds. The van der Waals surface area contributed by atoms with Gasteiger partial charge in [-0.05, 0) is 19.3 Å². The first-order valence-electron chi connectivity index (χ1n) is 6.13. The highest BCUT2D eigenvalue weighted by Gasteiger charge is 2.18. The van der Waals surface area contributed by atoms with E-state index >= 15 is 0 Å².